The van der Waals surface area contributed by atoms with Crippen molar-refractivity contribution >= 4 is 32.8 Å². The zero-order valence-electron chi connectivity index (χ0n) is 25.1. The van der Waals surface area contributed by atoms with Crippen molar-refractivity contribution in [3.63, 3.8) is 0 Å². The molecule has 0 atom stereocenters. The molecule has 0 spiro atoms. The van der Waals surface area contributed by atoms with Gasteiger partial charge in [0.15, 0.2) is 0 Å². The number of aromatic nitrogens is 3. The van der Waals surface area contributed by atoms with Gasteiger partial charge in [0.05, 0.1) is 5.58 Å². The van der Waals surface area contributed by atoms with Crippen molar-refractivity contribution in [2.45, 2.75) is 20.8 Å². The molecule has 0 aliphatic carbocycles. The maximum absolute atomic E-state index is 6.16. The zero-order valence-corrected chi connectivity index (χ0v) is 27.5. The van der Waals surface area contributed by atoms with Gasteiger partial charge in [-0.3, -0.25) is 0 Å². The van der Waals surface area contributed by atoms with E-state index in [-0.39, 0.29) is 20.1 Å². The van der Waals surface area contributed by atoms with E-state index < -0.39 is 0 Å². The van der Waals surface area contributed by atoms with Crippen molar-refractivity contribution in [1.82, 2.24) is 15.0 Å². The Morgan fingerprint density at radius 1 is 0.667 bits per heavy atom. The van der Waals surface area contributed by atoms with Crippen molar-refractivity contribution in [3.8, 4) is 33.6 Å². The van der Waals surface area contributed by atoms with Crippen LogP contribution in [0.2, 0.25) is 0 Å². The van der Waals surface area contributed by atoms with Gasteiger partial charge in [0.2, 0.25) is 5.71 Å². The first-order valence-electron chi connectivity index (χ1n) is 14.6. The van der Waals surface area contributed by atoms with Crippen LogP contribution in [0.3, 0.4) is 0 Å². The van der Waals surface area contributed by atoms with Crippen LogP contribution in [0.4, 0.5) is 0 Å². The number of nitrogens with zero attached hydrogens (tertiary/aromatic N) is 3. The monoisotopic (exact) mass is 760 g/mol. The molecule has 0 aliphatic heterocycles. The molecular formula is C40H29IrN3O-2. The topological polar surface area (TPSA) is 51.8 Å². The first-order valence-corrected chi connectivity index (χ1v) is 14.6. The Morgan fingerprint density at radius 3 is 2.27 bits per heavy atom. The van der Waals surface area contributed by atoms with Gasteiger partial charge in [0, 0.05) is 43.6 Å². The number of pyridine rings is 3. The average Bonchev–Trinajstić information content (AvgIpc) is 3.43. The molecule has 1 radical (unpaired) electrons. The molecule has 0 bridgehead atoms. The van der Waals surface area contributed by atoms with Crippen LogP contribution in [-0.4, -0.2) is 15.0 Å². The number of benzene rings is 4. The largest absolute Gasteiger partial charge is 0.486 e. The standard InChI is InChI=1S/C28H19N2O.C12H10N.Ir/c1-17-14-19-6-3-4-7-20(19)15-25(17)21-12-13-29-26(16-21)24-9-5-8-22-23-11-10-18(2)30-28(23)31-27(22)24;1-10-7-8-12(13-9-10)11-5-3-2-4-6-11;/h3-8,10-16H,1-2H3;2-5,7-9H,1H3;/q2*-1;. The number of hydrogen-bond donors (Lipinski definition) is 0. The van der Waals surface area contributed by atoms with E-state index in [4.69, 9.17) is 4.42 Å². The van der Waals surface area contributed by atoms with Gasteiger partial charge in [0.25, 0.3) is 0 Å². The minimum atomic E-state index is 0. The van der Waals surface area contributed by atoms with Gasteiger partial charge in [-0.05, 0) is 89.5 Å². The normalized spacial score (nSPS) is 10.8. The van der Waals surface area contributed by atoms with Gasteiger partial charge >= 0.3 is 0 Å². The number of fused-ring (bicyclic) bond motifs is 4. The van der Waals surface area contributed by atoms with E-state index in [1.165, 1.54) is 27.5 Å². The minimum absolute atomic E-state index is 0. The van der Waals surface area contributed by atoms with E-state index in [0.717, 1.165) is 50.1 Å². The molecule has 8 aromatic rings. The molecule has 4 aromatic heterocycles. The Kier molecular flexibility index (Phi) is 8.66. The Labute approximate surface area is 276 Å². The number of hydrogen-bond acceptors (Lipinski definition) is 4. The molecule has 4 aromatic carbocycles. The van der Waals surface area contributed by atoms with E-state index in [9.17, 15) is 0 Å². The van der Waals surface area contributed by atoms with Crippen LogP contribution >= 0.6 is 0 Å². The molecule has 45 heavy (non-hydrogen) atoms. The summed E-state index contributed by atoms with van der Waals surface area (Å²) in [7, 11) is 0. The third kappa shape index (κ3) is 6.19. The van der Waals surface area contributed by atoms with Gasteiger partial charge in [-0.1, -0.05) is 59.5 Å². The molecule has 0 saturated carbocycles. The van der Waals surface area contributed by atoms with Crippen LogP contribution in [0.1, 0.15) is 16.8 Å². The first-order chi connectivity index (χ1) is 21.5. The summed E-state index contributed by atoms with van der Waals surface area (Å²) < 4.78 is 6.16. The Balaban J connectivity index is 0.000000215. The van der Waals surface area contributed by atoms with Crippen molar-refractivity contribution in [2.24, 2.45) is 0 Å². The van der Waals surface area contributed by atoms with Crippen molar-refractivity contribution in [1.29, 1.82) is 0 Å². The van der Waals surface area contributed by atoms with Crippen LogP contribution in [0.5, 0.6) is 0 Å². The van der Waals surface area contributed by atoms with E-state index in [1.54, 1.807) is 0 Å². The Morgan fingerprint density at radius 2 is 1.49 bits per heavy atom. The fourth-order valence-electron chi connectivity index (χ4n) is 5.48. The third-order valence-electron chi connectivity index (χ3n) is 7.75. The molecule has 0 aliphatic rings. The van der Waals surface area contributed by atoms with E-state index in [1.807, 2.05) is 74.8 Å². The van der Waals surface area contributed by atoms with Crippen LogP contribution in [0.15, 0.2) is 126 Å². The summed E-state index contributed by atoms with van der Waals surface area (Å²) in [4.78, 5) is 13.5. The zero-order chi connectivity index (χ0) is 30.0. The Hall–Kier alpha value is -4.96. The van der Waals surface area contributed by atoms with Crippen molar-refractivity contribution < 1.29 is 24.5 Å². The summed E-state index contributed by atoms with van der Waals surface area (Å²) in [6.45, 7) is 6.16. The Bertz CT molecular complexity index is 2260. The van der Waals surface area contributed by atoms with Crippen molar-refractivity contribution in [3.05, 3.63) is 151 Å². The SMILES string of the molecule is Cc1ccc(-c2[c-]cccc2)nc1.Cc1ccc2c(n1)oc1c(-c3cc(-c4cc5ccccc5cc4C)ccn3)[c-]ccc12.[Ir]. The molecule has 221 valence electrons. The van der Waals surface area contributed by atoms with Gasteiger partial charge in [-0.25, -0.2) is 4.98 Å². The van der Waals surface area contributed by atoms with Crippen LogP contribution in [0, 0.1) is 32.9 Å². The summed E-state index contributed by atoms with van der Waals surface area (Å²) in [5, 5.41) is 4.53. The molecular weight excluding hydrogens is 731 g/mol. The fraction of sp³-hybridized carbons (Fsp3) is 0.0750. The van der Waals surface area contributed by atoms with Crippen LogP contribution in [0.25, 0.3) is 66.5 Å². The molecule has 4 heterocycles. The summed E-state index contributed by atoms with van der Waals surface area (Å²) in [6.07, 6.45) is 3.73. The van der Waals surface area contributed by atoms with Crippen LogP contribution < -0.4 is 0 Å². The number of aryl methyl sites for hydroxylation is 3. The molecule has 0 fully saturated rings. The molecule has 8 rings (SSSR count). The van der Waals surface area contributed by atoms with Gasteiger partial charge < -0.3 is 14.4 Å². The third-order valence-corrected chi connectivity index (χ3v) is 7.75. The predicted molar refractivity (Wildman–Crippen MR) is 179 cm³/mol. The predicted octanol–water partition coefficient (Wildman–Crippen LogP) is 10.1. The smallest absolute Gasteiger partial charge is 0.216 e. The molecule has 4 nitrogen and oxygen atoms in total. The summed E-state index contributed by atoms with van der Waals surface area (Å²) in [5.41, 5.74) is 10.8. The first kappa shape index (κ1) is 30.1. The molecule has 5 heteroatoms. The van der Waals surface area contributed by atoms with Gasteiger partial charge in [-0.15, -0.1) is 54.1 Å². The average molecular weight is 760 g/mol. The van der Waals surface area contributed by atoms with Crippen LogP contribution in [-0.2, 0) is 20.1 Å². The van der Waals surface area contributed by atoms with E-state index in [0.29, 0.717) is 5.71 Å². The fourth-order valence-corrected chi connectivity index (χ4v) is 5.48. The molecule has 0 unspecified atom stereocenters. The molecule has 0 saturated heterocycles. The maximum atomic E-state index is 6.16. The second-order valence-electron chi connectivity index (χ2n) is 10.9. The second-order valence-corrected chi connectivity index (χ2v) is 10.9. The second kappa shape index (κ2) is 13.0. The summed E-state index contributed by atoms with van der Waals surface area (Å²) in [6, 6.07) is 43.6. The number of furan rings is 1. The summed E-state index contributed by atoms with van der Waals surface area (Å²) >= 11 is 0. The van der Waals surface area contributed by atoms with Gasteiger partial charge in [-0.2, -0.15) is 0 Å². The molecule has 0 amide bonds. The summed E-state index contributed by atoms with van der Waals surface area (Å²) in [5.74, 6) is 0. The van der Waals surface area contributed by atoms with E-state index >= 15 is 0 Å². The molecule has 0 N–H and O–H groups in total. The quantitative estimate of drug-likeness (QED) is 0.168. The number of rotatable bonds is 3. The van der Waals surface area contributed by atoms with E-state index in [2.05, 4.69) is 94.7 Å². The minimum Gasteiger partial charge on any atom is -0.486 e. The maximum Gasteiger partial charge on any atom is 0.216 e. The van der Waals surface area contributed by atoms with Crippen molar-refractivity contribution in [2.75, 3.05) is 0 Å². The van der Waals surface area contributed by atoms with Gasteiger partial charge in [0.1, 0.15) is 0 Å².